The molecule has 0 saturated heterocycles. The van der Waals surface area contributed by atoms with Crippen molar-refractivity contribution in [3.63, 3.8) is 0 Å². The Labute approximate surface area is 253 Å². The minimum atomic E-state index is 0.202. The first-order valence-electron chi connectivity index (χ1n) is 14.9. The number of aromatic nitrogens is 1. The van der Waals surface area contributed by atoms with Crippen LogP contribution in [0.25, 0.3) is 49.7 Å². The zero-order chi connectivity index (χ0) is 29.3. The maximum atomic E-state index is 9.53. The number of nitriles is 1. The monoisotopic (exact) mass is 552 g/mol. The Bertz CT molecular complexity index is 2140. The first-order chi connectivity index (χ1) is 21.2. The molecule has 0 radical (unpaired) electrons. The molecular weight excluding hydrogens is 520 g/mol. The average Bonchev–Trinajstić information content (AvgIpc) is 3.40. The van der Waals surface area contributed by atoms with Crippen LogP contribution in [0.3, 0.4) is 0 Å². The van der Waals surface area contributed by atoms with Gasteiger partial charge in [0.1, 0.15) is 0 Å². The van der Waals surface area contributed by atoms with E-state index in [2.05, 4.69) is 146 Å². The van der Waals surface area contributed by atoms with E-state index in [0.717, 1.165) is 6.42 Å². The predicted molar refractivity (Wildman–Crippen MR) is 180 cm³/mol. The van der Waals surface area contributed by atoms with Gasteiger partial charge < -0.3 is 4.57 Å². The van der Waals surface area contributed by atoms with Crippen LogP contribution in [0.15, 0.2) is 140 Å². The van der Waals surface area contributed by atoms with Gasteiger partial charge in [-0.1, -0.05) is 97.9 Å². The number of para-hydroxylation sites is 2. The van der Waals surface area contributed by atoms with Crippen molar-refractivity contribution >= 4 is 21.8 Å². The summed E-state index contributed by atoms with van der Waals surface area (Å²) in [5.74, 6) is 0.202. The number of rotatable bonds is 6. The largest absolute Gasteiger partial charge is 0.309 e. The van der Waals surface area contributed by atoms with Gasteiger partial charge in [-0.25, -0.2) is 0 Å². The Morgan fingerprint density at radius 1 is 0.628 bits per heavy atom. The van der Waals surface area contributed by atoms with Gasteiger partial charge in [-0.2, -0.15) is 5.26 Å². The highest BCUT2D eigenvalue weighted by Gasteiger charge is 2.19. The fourth-order valence-electron chi connectivity index (χ4n) is 6.61. The normalized spacial score (nSPS) is 11.9. The third-order valence-corrected chi connectivity index (χ3v) is 8.71. The Morgan fingerprint density at radius 3 is 2.19 bits per heavy atom. The molecule has 7 rings (SSSR count). The maximum Gasteiger partial charge on any atom is 0.0991 e. The Balaban J connectivity index is 1.36. The van der Waals surface area contributed by atoms with Crippen molar-refractivity contribution < 1.29 is 0 Å². The molecule has 0 aliphatic heterocycles. The molecule has 0 fully saturated rings. The minimum absolute atomic E-state index is 0.202. The van der Waals surface area contributed by atoms with E-state index in [1.54, 1.807) is 0 Å². The highest BCUT2D eigenvalue weighted by Crippen LogP contribution is 2.40. The van der Waals surface area contributed by atoms with Crippen LogP contribution in [-0.2, 0) is 0 Å². The number of benzene rings is 6. The molecule has 206 valence electrons. The van der Waals surface area contributed by atoms with Crippen molar-refractivity contribution in [1.29, 1.82) is 5.26 Å². The molecule has 1 aromatic heterocycles. The molecule has 0 amide bonds. The van der Waals surface area contributed by atoms with Gasteiger partial charge in [0.25, 0.3) is 0 Å². The topological polar surface area (TPSA) is 28.7 Å². The molecule has 6 aromatic carbocycles. The second-order valence-corrected chi connectivity index (χ2v) is 11.2. The Hall–Kier alpha value is -5.39. The van der Waals surface area contributed by atoms with E-state index in [1.165, 1.54) is 66.4 Å². The molecule has 0 N–H and O–H groups in total. The minimum Gasteiger partial charge on any atom is -0.309 e. The van der Waals surface area contributed by atoms with Crippen LogP contribution in [0.2, 0.25) is 0 Å². The number of hydrogen-bond donors (Lipinski definition) is 0. The molecular formula is C41H32N2. The first-order valence-corrected chi connectivity index (χ1v) is 14.9. The summed E-state index contributed by atoms with van der Waals surface area (Å²) in [4.78, 5) is 0. The SMILES string of the molecule is CCC(c1cccc(C#N)c1)c1ccccc1-c1cc(-c2ccc3c(c2)c2ccccc2n3-c2ccccc2)ccc1C. The van der Waals surface area contributed by atoms with Crippen molar-refractivity contribution in [3.05, 3.63) is 162 Å². The summed E-state index contributed by atoms with van der Waals surface area (Å²) in [6.45, 7) is 4.43. The fourth-order valence-corrected chi connectivity index (χ4v) is 6.61. The molecule has 7 aromatic rings. The van der Waals surface area contributed by atoms with Gasteiger partial charge >= 0.3 is 0 Å². The van der Waals surface area contributed by atoms with Crippen molar-refractivity contribution in [1.82, 2.24) is 4.57 Å². The van der Waals surface area contributed by atoms with Crippen molar-refractivity contribution in [2.45, 2.75) is 26.2 Å². The first kappa shape index (κ1) is 26.5. The van der Waals surface area contributed by atoms with Gasteiger partial charge in [-0.05, 0) is 101 Å². The molecule has 1 unspecified atom stereocenters. The lowest BCUT2D eigenvalue weighted by Crippen LogP contribution is -2.03. The van der Waals surface area contributed by atoms with Crippen molar-refractivity contribution in [3.8, 4) is 34.0 Å². The van der Waals surface area contributed by atoms with E-state index >= 15 is 0 Å². The van der Waals surface area contributed by atoms with Gasteiger partial charge in [-0.15, -0.1) is 0 Å². The number of fused-ring (bicyclic) bond motifs is 3. The van der Waals surface area contributed by atoms with Gasteiger partial charge in [0.05, 0.1) is 22.7 Å². The van der Waals surface area contributed by atoms with Crippen molar-refractivity contribution in [2.24, 2.45) is 0 Å². The molecule has 2 nitrogen and oxygen atoms in total. The summed E-state index contributed by atoms with van der Waals surface area (Å²) in [5, 5.41) is 12.0. The molecule has 2 heteroatoms. The van der Waals surface area contributed by atoms with Gasteiger partial charge in [-0.3, -0.25) is 0 Å². The highest BCUT2D eigenvalue weighted by molar-refractivity contribution is 6.10. The third-order valence-electron chi connectivity index (χ3n) is 8.71. The lowest BCUT2D eigenvalue weighted by atomic mass is 9.82. The number of nitrogens with zero attached hydrogens (tertiary/aromatic N) is 2. The van der Waals surface area contributed by atoms with E-state index in [0.29, 0.717) is 5.56 Å². The van der Waals surface area contributed by atoms with E-state index in [-0.39, 0.29) is 5.92 Å². The van der Waals surface area contributed by atoms with Crippen LogP contribution in [0, 0.1) is 18.3 Å². The second kappa shape index (κ2) is 11.1. The standard InChI is InChI=1S/C41H32N2/c1-3-34(32-13-11-12-29(24-32)27-42)35-16-7-8-17-36(35)38-25-30(21-20-28(38)2)31-22-23-41-39(26-31)37-18-9-10-19-40(37)43(41)33-14-5-4-6-15-33/h4-26,34H,3H2,1-2H3. The molecule has 0 spiro atoms. The summed E-state index contributed by atoms with van der Waals surface area (Å²) in [6, 6.07) is 52.1. The van der Waals surface area contributed by atoms with Crippen LogP contribution < -0.4 is 0 Å². The van der Waals surface area contributed by atoms with Crippen molar-refractivity contribution in [2.75, 3.05) is 0 Å². The molecule has 1 atom stereocenters. The fraction of sp³-hybridized carbons (Fsp3) is 0.0976. The molecule has 0 bridgehead atoms. The Morgan fingerprint density at radius 2 is 1.35 bits per heavy atom. The molecule has 0 aliphatic rings. The van der Waals surface area contributed by atoms with Crippen LogP contribution in [0.4, 0.5) is 0 Å². The summed E-state index contributed by atoms with van der Waals surface area (Å²) in [7, 11) is 0. The third kappa shape index (κ3) is 4.70. The van der Waals surface area contributed by atoms with Crippen LogP contribution in [0.1, 0.15) is 41.5 Å². The Kier molecular flexibility index (Phi) is 6.85. The molecule has 43 heavy (non-hydrogen) atoms. The lowest BCUT2D eigenvalue weighted by molar-refractivity contribution is 0.778. The quantitative estimate of drug-likeness (QED) is 0.202. The van der Waals surface area contributed by atoms with Crippen LogP contribution in [0.5, 0.6) is 0 Å². The molecule has 0 saturated carbocycles. The predicted octanol–water partition coefficient (Wildman–Crippen LogP) is 10.8. The zero-order valence-electron chi connectivity index (χ0n) is 24.5. The van der Waals surface area contributed by atoms with Gasteiger partial charge in [0.15, 0.2) is 0 Å². The van der Waals surface area contributed by atoms with Gasteiger partial charge in [0, 0.05) is 22.4 Å². The summed E-state index contributed by atoms with van der Waals surface area (Å²) in [5.41, 5.74) is 12.9. The highest BCUT2D eigenvalue weighted by atomic mass is 15.0. The van der Waals surface area contributed by atoms with E-state index in [1.807, 2.05) is 18.2 Å². The number of hydrogen-bond acceptors (Lipinski definition) is 1. The summed E-state index contributed by atoms with van der Waals surface area (Å²) in [6.07, 6.45) is 0.951. The lowest BCUT2D eigenvalue weighted by Gasteiger charge is -2.21. The second-order valence-electron chi connectivity index (χ2n) is 11.2. The van der Waals surface area contributed by atoms with Gasteiger partial charge in [0.2, 0.25) is 0 Å². The zero-order valence-corrected chi connectivity index (χ0v) is 24.5. The summed E-state index contributed by atoms with van der Waals surface area (Å²) >= 11 is 0. The van der Waals surface area contributed by atoms with Crippen LogP contribution in [-0.4, -0.2) is 4.57 Å². The smallest absolute Gasteiger partial charge is 0.0991 e. The number of aryl methyl sites for hydroxylation is 1. The molecule has 1 heterocycles. The molecule has 0 aliphatic carbocycles. The average molecular weight is 553 g/mol. The maximum absolute atomic E-state index is 9.53. The van der Waals surface area contributed by atoms with E-state index in [9.17, 15) is 5.26 Å². The summed E-state index contributed by atoms with van der Waals surface area (Å²) < 4.78 is 2.36. The van der Waals surface area contributed by atoms with Crippen LogP contribution >= 0.6 is 0 Å². The van der Waals surface area contributed by atoms with E-state index < -0.39 is 0 Å². The van der Waals surface area contributed by atoms with E-state index in [4.69, 9.17) is 0 Å².